The first-order chi connectivity index (χ1) is 7.42. The van der Waals surface area contributed by atoms with E-state index in [1.54, 1.807) is 6.33 Å². The van der Waals surface area contributed by atoms with Gasteiger partial charge in [0.2, 0.25) is 0 Å². The molecule has 4 heteroatoms. The molecule has 15 heavy (non-hydrogen) atoms. The highest BCUT2D eigenvalue weighted by molar-refractivity contribution is 5.39. The molecule has 4 heterocycles. The van der Waals surface area contributed by atoms with Gasteiger partial charge in [0, 0.05) is 12.6 Å². The Morgan fingerprint density at radius 3 is 2.53 bits per heavy atom. The molecule has 0 amide bonds. The summed E-state index contributed by atoms with van der Waals surface area (Å²) in [6, 6.07) is 0.596. The van der Waals surface area contributed by atoms with Crippen LogP contribution in [0, 0.1) is 5.92 Å². The standard InChI is InChI=1S/C11H16N4/c1-3-15-4-2-9(1)11(7-15)14-10-5-12-8-13-6-10/h5-6,8-9,11,14H,1-4,7H2. The Kier molecular flexibility index (Phi) is 2.29. The molecule has 1 N–H and O–H groups in total. The van der Waals surface area contributed by atoms with Gasteiger partial charge in [0.25, 0.3) is 0 Å². The Balaban J connectivity index is 1.69. The van der Waals surface area contributed by atoms with E-state index in [2.05, 4.69) is 20.2 Å². The molecular formula is C11H16N4. The third-order valence-electron chi connectivity index (χ3n) is 3.57. The quantitative estimate of drug-likeness (QED) is 0.779. The van der Waals surface area contributed by atoms with Crippen LogP contribution in [0.1, 0.15) is 12.8 Å². The van der Waals surface area contributed by atoms with E-state index in [4.69, 9.17) is 0 Å². The summed E-state index contributed by atoms with van der Waals surface area (Å²) in [5.41, 5.74) is 1.05. The van der Waals surface area contributed by atoms with Crippen LogP contribution in [0.4, 0.5) is 5.69 Å². The summed E-state index contributed by atoms with van der Waals surface area (Å²) in [4.78, 5) is 10.6. The van der Waals surface area contributed by atoms with Gasteiger partial charge < -0.3 is 10.2 Å². The lowest BCUT2D eigenvalue weighted by atomic mass is 9.84. The van der Waals surface area contributed by atoms with Crippen LogP contribution < -0.4 is 5.32 Å². The fraction of sp³-hybridized carbons (Fsp3) is 0.636. The molecule has 80 valence electrons. The molecule has 3 fully saturated rings. The fourth-order valence-electron chi connectivity index (χ4n) is 2.72. The minimum atomic E-state index is 0.596. The predicted octanol–water partition coefficient (Wildman–Crippen LogP) is 0.983. The predicted molar refractivity (Wildman–Crippen MR) is 58.6 cm³/mol. The van der Waals surface area contributed by atoms with Crippen molar-refractivity contribution in [3.8, 4) is 0 Å². The summed E-state index contributed by atoms with van der Waals surface area (Å²) < 4.78 is 0. The highest BCUT2D eigenvalue weighted by Crippen LogP contribution is 2.29. The zero-order chi connectivity index (χ0) is 10.1. The summed E-state index contributed by atoms with van der Waals surface area (Å²) >= 11 is 0. The van der Waals surface area contributed by atoms with Crippen LogP contribution in [-0.2, 0) is 0 Å². The van der Waals surface area contributed by atoms with Crippen LogP contribution in [0.3, 0.4) is 0 Å². The molecule has 2 bridgehead atoms. The molecule has 1 aromatic heterocycles. The first-order valence-corrected chi connectivity index (χ1v) is 5.66. The van der Waals surface area contributed by atoms with Gasteiger partial charge in [-0.2, -0.15) is 0 Å². The molecular weight excluding hydrogens is 188 g/mol. The van der Waals surface area contributed by atoms with E-state index in [1.807, 2.05) is 12.4 Å². The van der Waals surface area contributed by atoms with E-state index < -0.39 is 0 Å². The van der Waals surface area contributed by atoms with Gasteiger partial charge in [-0.3, -0.25) is 0 Å². The van der Waals surface area contributed by atoms with Gasteiger partial charge in [0.05, 0.1) is 18.1 Å². The van der Waals surface area contributed by atoms with Crippen molar-refractivity contribution in [3.63, 3.8) is 0 Å². The highest BCUT2D eigenvalue weighted by atomic mass is 15.2. The topological polar surface area (TPSA) is 41.1 Å². The SMILES string of the molecule is c1ncc(NC2CN3CCC2CC3)cn1. The van der Waals surface area contributed by atoms with E-state index in [-0.39, 0.29) is 0 Å². The number of rotatable bonds is 2. The van der Waals surface area contributed by atoms with Crippen molar-refractivity contribution < 1.29 is 0 Å². The second-order valence-corrected chi connectivity index (χ2v) is 4.52. The highest BCUT2D eigenvalue weighted by Gasteiger charge is 2.33. The van der Waals surface area contributed by atoms with E-state index >= 15 is 0 Å². The van der Waals surface area contributed by atoms with Gasteiger partial charge in [-0.1, -0.05) is 0 Å². The molecule has 0 saturated carbocycles. The first-order valence-electron chi connectivity index (χ1n) is 5.66. The van der Waals surface area contributed by atoms with E-state index in [0.29, 0.717) is 6.04 Å². The molecule has 0 aliphatic carbocycles. The molecule has 1 unspecified atom stereocenters. The number of anilines is 1. The molecule has 3 aliphatic rings. The molecule has 0 radical (unpaired) electrons. The second-order valence-electron chi connectivity index (χ2n) is 4.52. The van der Waals surface area contributed by atoms with Crippen molar-refractivity contribution in [2.45, 2.75) is 18.9 Å². The molecule has 1 aromatic rings. The molecule has 4 nitrogen and oxygen atoms in total. The third-order valence-corrected chi connectivity index (χ3v) is 3.57. The van der Waals surface area contributed by atoms with Crippen molar-refractivity contribution in [1.82, 2.24) is 14.9 Å². The molecule has 3 aliphatic heterocycles. The zero-order valence-corrected chi connectivity index (χ0v) is 8.76. The Labute approximate surface area is 89.7 Å². The van der Waals surface area contributed by atoms with Gasteiger partial charge in [0.15, 0.2) is 0 Å². The molecule has 1 atom stereocenters. The Morgan fingerprint density at radius 2 is 1.93 bits per heavy atom. The van der Waals surface area contributed by atoms with Crippen molar-refractivity contribution in [2.24, 2.45) is 5.92 Å². The van der Waals surface area contributed by atoms with E-state index in [0.717, 1.165) is 11.6 Å². The number of piperidine rings is 3. The normalized spacial score (nSPS) is 34.0. The van der Waals surface area contributed by atoms with E-state index in [9.17, 15) is 0 Å². The molecule has 0 aromatic carbocycles. The number of nitrogens with one attached hydrogen (secondary N) is 1. The Hall–Kier alpha value is -1.16. The van der Waals surface area contributed by atoms with Crippen molar-refractivity contribution in [1.29, 1.82) is 0 Å². The maximum absolute atomic E-state index is 4.03. The fourth-order valence-corrected chi connectivity index (χ4v) is 2.72. The van der Waals surface area contributed by atoms with Crippen LogP contribution in [0.15, 0.2) is 18.7 Å². The first kappa shape index (κ1) is 9.09. The lowest BCUT2D eigenvalue weighted by Crippen LogP contribution is -2.53. The number of fused-ring (bicyclic) bond motifs is 3. The van der Waals surface area contributed by atoms with Gasteiger partial charge in [-0.15, -0.1) is 0 Å². The number of nitrogens with zero attached hydrogens (tertiary/aromatic N) is 3. The third kappa shape index (κ3) is 1.81. The summed E-state index contributed by atoms with van der Waals surface area (Å²) in [6.07, 6.45) is 7.95. The molecule has 4 rings (SSSR count). The average Bonchev–Trinajstić information content (AvgIpc) is 2.32. The monoisotopic (exact) mass is 204 g/mol. The van der Waals surface area contributed by atoms with Crippen LogP contribution >= 0.6 is 0 Å². The number of hydrogen-bond acceptors (Lipinski definition) is 4. The lowest BCUT2D eigenvalue weighted by Gasteiger charge is -2.45. The van der Waals surface area contributed by atoms with Gasteiger partial charge >= 0.3 is 0 Å². The minimum absolute atomic E-state index is 0.596. The number of hydrogen-bond donors (Lipinski definition) is 1. The summed E-state index contributed by atoms with van der Waals surface area (Å²) in [5.74, 6) is 0.843. The van der Waals surface area contributed by atoms with Crippen LogP contribution in [-0.4, -0.2) is 40.5 Å². The Bertz CT molecular complexity index is 319. The molecule has 3 saturated heterocycles. The largest absolute Gasteiger partial charge is 0.378 e. The average molecular weight is 204 g/mol. The van der Waals surface area contributed by atoms with Crippen molar-refractivity contribution in [2.75, 3.05) is 25.0 Å². The van der Waals surface area contributed by atoms with Gasteiger partial charge in [-0.25, -0.2) is 9.97 Å². The summed E-state index contributed by atoms with van der Waals surface area (Å²) in [6.45, 7) is 3.75. The zero-order valence-electron chi connectivity index (χ0n) is 8.76. The van der Waals surface area contributed by atoms with Crippen LogP contribution in [0.2, 0.25) is 0 Å². The van der Waals surface area contributed by atoms with Crippen LogP contribution in [0.5, 0.6) is 0 Å². The van der Waals surface area contributed by atoms with Crippen LogP contribution in [0.25, 0.3) is 0 Å². The number of aromatic nitrogens is 2. The van der Waals surface area contributed by atoms with E-state index in [1.165, 1.54) is 32.5 Å². The molecule has 0 spiro atoms. The van der Waals surface area contributed by atoms with Gasteiger partial charge in [0.1, 0.15) is 6.33 Å². The second kappa shape index (κ2) is 3.77. The van der Waals surface area contributed by atoms with Crippen molar-refractivity contribution in [3.05, 3.63) is 18.7 Å². The maximum atomic E-state index is 4.03. The Morgan fingerprint density at radius 1 is 1.20 bits per heavy atom. The summed E-state index contributed by atoms with van der Waals surface area (Å²) in [5, 5.41) is 3.55. The maximum Gasteiger partial charge on any atom is 0.115 e. The lowest BCUT2D eigenvalue weighted by molar-refractivity contribution is 0.0975. The van der Waals surface area contributed by atoms with Gasteiger partial charge in [-0.05, 0) is 31.8 Å². The van der Waals surface area contributed by atoms with Crippen molar-refractivity contribution >= 4 is 5.69 Å². The minimum Gasteiger partial charge on any atom is -0.378 e. The smallest absolute Gasteiger partial charge is 0.115 e. The summed E-state index contributed by atoms with van der Waals surface area (Å²) in [7, 11) is 0.